The van der Waals surface area contributed by atoms with Crippen molar-refractivity contribution in [2.75, 3.05) is 13.2 Å². The summed E-state index contributed by atoms with van der Waals surface area (Å²) in [6.07, 6.45) is 2.25. The van der Waals surface area contributed by atoms with Crippen LogP contribution >= 0.6 is 24.1 Å². The number of aryl methyl sites for hydroxylation is 2. The molecule has 130 valence electrons. The van der Waals surface area contributed by atoms with E-state index >= 15 is 0 Å². The molecular weight excluding hydrogens is 336 g/mol. The topological polar surface area (TPSA) is 18.5 Å². The van der Waals surface area contributed by atoms with Gasteiger partial charge in [0.1, 0.15) is 0 Å². The van der Waals surface area contributed by atoms with Gasteiger partial charge in [-0.05, 0) is 44.5 Å². The molecule has 4 heteroatoms. The molecule has 2 aromatic rings. The number of benzene rings is 2. The first-order valence-corrected chi connectivity index (χ1v) is 9.88. The third-order valence-electron chi connectivity index (χ3n) is 3.66. The summed E-state index contributed by atoms with van der Waals surface area (Å²) >= 11 is 2.90. The molecule has 0 N–H and O–H groups in total. The van der Waals surface area contributed by atoms with Crippen molar-refractivity contribution in [1.82, 2.24) is 0 Å². The highest BCUT2D eigenvalue weighted by Gasteiger charge is 2.10. The predicted molar refractivity (Wildman–Crippen MR) is 104 cm³/mol. The van der Waals surface area contributed by atoms with Gasteiger partial charge in [0, 0.05) is 39.8 Å². The second-order valence-electron chi connectivity index (χ2n) is 6.02. The Kier molecular flexibility index (Phi) is 8.75. The first-order valence-electron chi connectivity index (χ1n) is 8.39. The summed E-state index contributed by atoms with van der Waals surface area (Å²) in [6.45, 7) is 7.81. The Morgan fingerprint density at radius 1 is 0.750 bits per heavy atom. The molecule has 0 radical (unpaired) electrons. The molecule has 2 nitrogen and oxygen atoms in total. The van der Waals surface area contributed by atoms with E-state index in [0.29, 0.717) is 19.1 Å². The minimum Gasteiger partial charge on any atom is -0.310 e. The van der Waals surface area contributed by atoms with Crippen LogP contribution in [0.1, 0.15) is 30.9 Å². The van der Waals surface area contributed by atoms with Crippen molar-refractivity contribution in [3.05, 3.63) is 59.7 Å². The molecule has 0 spiro atoms. The van der Waals surface area contributed by atoms with Crippen LogP contribution in [0.3, 0.4) is 0 Å². The lowest BCUT2D eigenvalue weighted by molar-refractivity contribution is 0.201. The maximum Gasteiger partial charge on any atom is 0.0669 e. The van der Waals surface area contributed by atoms with Crippen LogP contribution in [0, 0.1) is 19.8 Å². The summed E-state index contributed by atoms with van der Waals surface area (Å²) in [5.41, 5.74) is 2.54. The van der Waals surface area contributed by atoms with Crippen molar-refractivity contribution in [2.24, 2.45) is 5.92 Å². The molecule has 0 amide bonds. The summed E-state index contributed by atoms with van der Waals surface area (Å²) in [4.78, 5) is 2.29. The summed E-state index contributed by atoms with van der Waals surface area (Å²) in [6, 6.07) is 16.8. The molecule has 0 saturated carbocycles. The molecule has 0 fully saturated rings. The van der Waals surface area contributed by atoms with Gasteiger partial charge in [-0.3, -0.25) is 0 Å². The van der Waals surface area contributed by atoms with E-state index < -0.39 is 0 Å². The van der Waals surface area contributed by atoms with Crippen LogP contribution in [0.25, 0.3) is 0 Å². The van der Waals surface area contributed by atoms with Gasteiger partial charge in [-0.2, -0.15) is 0 Å². The van der Waals surface area contributed by atoms with Gasteiger partial charge in [-0.1, -0.05) is 48.7 Å². The molecule has 24 heavy (non-hydrogen) atoms. The Morgan fingerprint density at radius 2 is 1.17 bits per heavy atom. The summed E-state index contributed by atoms with van der Waals surface area (Å²) in [7, 11) is 0. The largest absolute Gasteiger partial charge is 0.310 e. The maximum absolute atomic E-state index is 5.82. The monoisotopic (exact) mass is 362 g/mol. The van der Waals surface area contributed by atoms with Gasteiger partial charge < -0.3 is 8.37 Å². The number of rotatable bonds is 10. The average molecular weight is 363 g/mol. The van der Waals surface area contributed by atoms with Crippen molar-refractivity contribution in [3.63, 3.8) is 0 Å². The molecule has 0 saturated heterocycles. The van der Waals surface area contributed by atoms with Crippen LogP contribution in [0.2, 0.25) is 0 Å². The summed E-state index contributed by atoms with van der Waals surface area (Å²) in [5.74, 6) is 0.422. The fourth-order valence-electron chi connectivity index (χ4n) is 2.21. The average Bonchev–Trinajstić information content (AvgIpc) is 2.58. The Morgan fingerprint density at radius 3 is 1.54 bits per heavy atom. The Balaban J connectivity index is 1.70. The van der Waals surface area contributed by atoms with Crippen molar-refractivity contribution in [2.45, 2.75) is 43.4 Å². The highest BCUT2D eigenvalue weighted by Crippen LogP contribution is 2.24. The van der Waals surface area contributed by atoms with Crippen molar-refractivity contribution in [1.29, 1.82) is 0 Å². The molecular formula is C20H26O2S2. The van der Waals surface area contributed by atoms with Gasteiger partial charge in [-0.25, -0.2) is 0 Å². The van der Waals surface area contributed by atoms with Crippen LogP contribution in [0.15, 0.2) is 58.3 Å². The zero-order valence-electron chi connectivity index (χ0n) is 14.7. The smallest absolute Gasteiger partial charge is 0.0669 e. The van der Waals surface area contributed by atoms with E-state index in [-0.39, 0.29) is 0 Å². The number of hydrogen-bond donors (Lipinski definition) is 0. The molecule has 2 rings (SSSR count). The van der Waals surface area contributed by atoms with Crippen LogP contribution in [-0.2, 0) is 8.37 Å². The Hall–Kier alpha value is -0.940. The SMILES string of the molecule is CCCC(COSc1ccc(C)cc1)COSc1ccc(C)cc1. The molecule has 0 unspecified atom stereocenters. The number of hydrogen-bond acceptors (Lipinski definition) is 4. The third-order valence-corrected chi connectivity index (χ3v) is 5.09. The molecule has 0 aliphatic carbocycles. The van der Waals surface area contributed by atoms with Gasteiger partial charge in [0.25, 0.3) is 0 Å². The van der Waals surface area contributed by atoms with Crippen molar-refractivity contribution >= 4 is 24.1 Å². The zero-order chi connectivity index (χ0) is 17.2. The van der Waals surface area contributed by atoms with Crippen LogP contribution in [0.5, 0.6) is 0 Å². The van der Waals surface area contributed by atoms with Gasteiger partial charge in [0.05, 0.1) is 13.2 Å². The second-order valence-corrected chi connectivity index (χ2v) is 7.76. The fraction of sp³-hybridized carbons (Fsp3) is 0.400. The van der Waals surface area contributed by atoms with E-state index in [1.807, 2.05) is 0 Å². The molecule has 0 aliphatic rings. The van der Waals surface area contributed by atoms with E-state index in [4.69, 9.17) is 8.37 Å². The second kappa shape index (κ2) is 10.8. The first-order chi connectivity index (χ1) is 11.7. The molecule has 0 bridgehead atoms. The van der Waals surface area contributed by atoms with Crippen LogP contribution in [-0.4, -0.2) is 13.2 Å². The van der Waals surface area contributed by atoms with E-state index in [0.717, 1.165) is 22.6 Å². The Labute approximate surface area is 154 Å². The highest BCUT2D eigenvalue weighted by atomic mass is 32.2. The van der Waals surface area contributed by atoms with Gasteiger partial charge in [0.15, 0.2) is 0 Å². The molecule has 2 aromatic carbocycles. The van der Waals surface area contributed by atoms with Crippen LogP contribution < -0.4 is 0 Å². The minimum absolute atomic E-state index is 0.422. The summed E-state index contributed by atoms with van der Waals surface area (Å²) in [5, 5.41) is 0. The van der Waals surface area contributed by atoms with Gasteiger partial charge in [0.2, 0.25) is 0 Å². The fourth-order valence-corrected chi connectivity index (χ4v) is 3.49. The quantitative estimate of drug-likeness (QED) is 0.451. The molecule has 0 aliphatic heterocycles. The van der Waals surface area contributed by atoms with E-state index in [1.165, 1.54) is 35.2 Å². The van der Waals surface area contributed by atoms with Crippen molar-refractivity contribution < 1.29 is 8.37 Å². The minimum atomic E-state index is 0.422. The van der Waals surface area contributed by atoms with Gasteiger partial charge in [-0.15, -0.1) is 0 Å². The molecule has 0 heterocycles. The van der Waals surface area contributed by atoms with Gasteiger partial charge >= 0.3 is 0 Å². The normalized spacial score (nSPS) is 11.2. The molecule has 0 aromatic heterocycles. The maximum atomic E-state index is 5.82. The van der Waals surface area contributed by atoms with Crippen molar-refractivity contribution in [3.8, 4) is 0 Å². The lowest BCUT2D eigenvalue weighted by Crippen LogP contribution is -2.12. The Bertz CT molecular complexity index is 530. The lowest BCUT2D eigenvalue weighted by atomic mass is 10.1. The summed E-state index contributed by atoms with van der Waals surface area (Å²) < 4.78 is 11.6. The van der Waals surface area contributed by atoms with E-state index in [9.17, 15) is 0 Å². The lowest BCUT2D eigenvalue weighted by Gasteiger charge is -2.15. The van der Waals surface area contributed by atoms with E-state index in [1.54, 1.807) is 0 Å². The standard InChI is InChI=1S/C20H26O2S2/c1-4-5-18(14-21-23-19-10-6-16(2)7-11-19)15-22-24-20-12-8-17(3)9-13-20/h6-13,18H,4-5,14-15H2,1-3H3. The predicted octanol–water partition coefficient (Wildman–Crippen LogP) is 6.47. The third kappa shape index (κ3) is 7.31. The zero-order valence-corrected chi connectivity index (χ0v) is 16.3. The first kappa shape index (κ1) is 19.4. The molecule has 0 atom stereocenters. The van der Waals surface area contributed by atoms with E-state index in [2.05, 4.69) is 69.3 Å². The highest BCUT2D eigenvalue weighted by molar-refractivity contribution is 7.95. The van der Waals surface area contributed by atoms with Crippen LogP contribution in [0.4, 0.5) is 0 Å².